The van der Waals surface area contributed by atoms with Gasteiger partial charge in [0.05, 0.1) is 15.8 Å². The number of carbonyl (C=O) groups excluding carboxylic acids is 1. The van der Waals surface area contributed by atoms with Crippen molar-refractivity contribution in [2.45, 2.75) is 0 Å². The molecule has 0 aliphatic carbocycles. The summed E-state index contributed by atoms with van der Waals surface area (Å²) >= 11 is 1.38. The first-order chi connectivity index (χ1) is 13.1. The number of nitrogen functional groups attached to an aromatic ring is 1. The largest absolute Gasteiger partial charge is 0.383 e. The number of hydrogen-bond acceptors (Lipinski definition) is 5. The molecule has 5 nitrogen and oxygen atoms in total. The molecule has 130 valence electrons. The molecular weight excluding hydrogens is 363 g/mol. The minimum Gasteiger partial charge on any atom is -0.383 e. The molecule has 0 unspecified atom stereocenters. The topological polar surface area (TPSA) is 81.2 Å². The number of amides is 1. The minimum atomic E-state index is -0.346. The summed E-state index contributed by atoms with van der Waals surface area (Å²) < 4.78 is 14.7. The van der Waals surface area contributed by atoms with Crippen LogP contribution in [0.25, 0.3) is 32.5 Å². The lowest BCUT2D eigenvalue weighted by Crippen LogP contribution is -1.97. The lowest BCUT2D eigenvalue weighted by atomic mass is 9.98. The summed E-state index contributed by atoms with van der Waals surface area (Å²) in [5.74, 6) is -0.209. The maximum Gasteiger partial charge on any atom is 0.277 e. The zero-order chi connectivity index (χ0) is 18.5. The molecule has 3 heterocycles. The number of aromatic nitrogens is 2. The van der Waals surface area contributed by atoms with E-state index in [1.54, 1.807) is 30.1 Å². The highest BCUT2D eigenvalue weighted by Gasteiger charge is 2.17. The van der Waals surface area contributed by atoms with E-state index < -0.39 is 0 Å². The summed E-state index contributed by atoms with van der Waals surface area (Å²) in [6.45, 7) is 0. The van der Waals surface area contributed by atoms with Crippen LogP contribution >= 0.6 is 11.3 Å². The van der Waals surface area contributed by atoms with Gasteiger partial charge >= 0.3 is 0 Å². The summed E-state index contributed by atoms with van der Waals surface area (Å²) in [4.78, 5) is 23.9. The molecule has 0 saturated carbocycles. The number of carbonyl (C=O) groups is 1. The molecule has 2 aromatic heterocycles. The van der Waals surface area contributed by atoms with E-state index >= 15 is 0 Å². The first-order valence-corrected chi connectivity index (χ1v) is 9.00. The number of anilines is 1. The summed E-state index contributed by atoms with van der Waals surface area (Å²) in [7, 11) is 0. The SMILES string of the molecule is Nc1ncc(-c2ccc(F)c3ncsc23)cc1-c1ccc2c(c1)C=NC2=O. The molecule has 2 N–H and O–H groups in total. The van der Waals surface area contributed by atoms with Crippen LogP contribution in [0.1, 0.15) is 15.9 Å². The van der Waals surface area contributed by atoms with Crippen LogP contribution in [0, 0.1) is 5.82 Å². The molecule has 5 rings (SSSR count). The van der Waals surface area contributed by atoms with Crippen molar-refractivity contribution in [1.82, 2.24) is 9.97 Å². The maximum absolute atomic E-state index is 14.0. The van der Waals surface area contributed by atoms with Gasteiger partial charge in [0.25, 0.3) is 5.91 Å². The third-order valence-corrected chi connectivity index (χ3v) is 5.44. The monoisotopic (exact) mass is 374 g/mol. The molecule has 1 aliphatic rings. The molecule has 1 aliphatic heterocycles. The fraction of sp³-hybridized carbons (Fsp3) is 0. The van der Waals surface area contributed by atoms with Crippen molar-refractivity contribution in [2.75, 3.05) is 5.73 Å². The summed E-state index contributed by atoms with van der Waals surface area (Å²) in [5, 5.41) is 0. The van der Waals surface area contributed by atoms with E-state index in [4.69, 9.17) is 5.73 Å². The number of rotatable bonds is 2. The van der Waals surface area contributed by atoms with Crippen LogP contribution in [0.15, 0.2) is 53.1 Å². The molecule has 0 saturated heterocycles. The van der Waals surface area contributed by atoms with Crippen LogP contribution in [-0.4, -0.2) is 22.1 Å². The normalized spacial score (nSPS) is 12.7. The van der Waals surface area contributed by atoms with Gasteiger partial charge in [0.15, 0.2) is 0 Å². The Kier molecular flexibility index (Phi) is 3.38. The van der Waals surface area contributed by atoms with Crippen molar-refractivity contribution in [1.29, 1.82) is 0 Å². The van der Waals surface area contributed by atoms with Crippen molar-refractivity contribution in [3.63, 3.8) is 0 Å². The molecule has 27 heavy (non-hydrogen) atoms. The molecule has 2 aromatic carbocycles. The molecular formula is C20H11FN4OS. The highest BCUT2D eigenvalue weighted by Crippen LogP contribution is 2.36. The lowest BCUT2D eigenvalue weighted by Gasteiger charge is -2.10. The highest BCUT2D eigenvalue weighted by molar-refractivity contribution is 7.17. The number of halogens is 1. The van der Waals surface area contributed by atoms with Crippen molar-refractivity contribution in [2.24, 2.45) is 4.99 Å². The van der Waals surface area contributed by atoms with Gasteiger partial charge in [-0.15, -0.1) is 11.3 Å². The van der Waals surface area contributed by atoms with Gasteiger partial charge in [-0.3, -0.25) is 4.79 Å². The van der Waals surface area contributed by atoms with Crippen molar-refractivity contribution < 1.29 is 9.18 Å². The van der Waals surface area contributed by atoms with Crippen molar-refractivity contribution >= 4 is 39.5 Å². The Hall–Kier alpha value is -3.45. The van der Waals surface area contributed by atoms with E-state index in [2.05, 4.69) is 15.0 Å². The van der Waals surface area contributed by atoms with Crippen molar-refractivity contribution in [3.05, 3.63) is 65.0 Å². The Balaban J connectivity index is 1.68. The first kappa shape index (κ1) is 15.8. The number of thiazole rings is 1. The quantitative estimate of drug-likeness (QED) is 0.567. The van der Waals surface area contributed by atoms with Gasteiger partial charge in [0.2, 0.25) is 0 Å². The zero-order valence-electron chi connectivity index (χ0n) is 13.8. The molecule has 0 radical (unpaired) electrons. The Bertz CT molecular complexity index is 1280. The molecule has 0 spiro atoms. The molecule has 0 fully saturated rings. The predicted octanol–water partition coefficient (Wildman–Crippen LogP) is 4.32. The van der Waals surface area contributed by atoms with E-state index in [9.17, 15) is 9.18 Å². The number of pyridine rings is 1. The average Bonchev–Trinajstić information content (AvgIpc) is 3.31. The zero-order valence-corrected chi connectivity index (χ0v) is 14.6. The Morgan fingerprint density at radius 1 is 0.963 bits per heavy atom. The molecule has 4 aromatic rings. The number of fused-ring (bicyclic) bond motifs is 2. The van der Waals surface area contributed by atoms with Gasteiger partial charge in [-0.05, 0) is 35.9 Å². The van der Waals surface area contributed by atoms with Crippen LogP contribution in [0.2, 0.25) is 0 Å². The fourth-order valence-corrected chi connectivity index (χ4v) is 4.07. The van der Waals surface area contributed by atoms with Gasteiger partial charge in [-0.1, -0.05) is 6.07 Å². The second-order valence-electron chi connectivity index (χ2n) is 6.15. The number of benzene rings is 2. The molecule has 0 atom stereocenters. The van der Waals surface area contributed by atoms with E-state index in [0.717, 1.165) is 32.5 Å². The smallest absolute Gasteiger partial charge is 0.277 e. The minimum absolute atomic E-state index is 0.240. The third kappa shape index (κ3) is 2.43. The van der Waals surface area contributed by atoms with Crippen LogP contribution in [-0.2, 0) is 0 Å². The second-order valence-corrected chi connectivity index (χ2v) is 7.00. The van der Waals surface area contributed by atoms with E-state index in [1.165, 1.54) is 17.4 Å². The Morgan fingerprint density at radius 3 is 2.70 bits per heavy atom. The molecule has 1 amide bonds. The second kappa shape index (κ2) is 5.78. The van der Waals surface area contributed by atoms with Gasteiger partial charge in [0, 0.05) is 34.7 Å². The Morgan fingerprint density at radius 2 is 1.81 bits per heavy atom. The van der Waals surface area contributed by atoms with Gasteiger partial charge in [0.1, 0.15) is 17.2 Å². The average molecular weight is 374 g/mol. The van der Waals surface area contributed by atoms with Crippen molar-refractivity contribution in [3.8, 4) is 22.3 Å². The number of hydrogen-bond donors (Lipinski definition) is 1. The van der Waals surface area contributed by atoms with Gasteiger partial charge in [-0.2, -0.15) is 0 Å². The number of aliphatic imine (C=N–C) groups is 1. The summed E-state index contributed by atoms with van der Waals surface area (Å²) in [6.07, 6.45) is 3.22. The number of nitrogens with two attached hydrogens (primary N) is 1. The fourth-order valence-electron chi connectivity index (χ4n) is 3.23. The number of nitrogens with zero attached hydrogens (tertiary/aromatic N) is 3. The summed E-state index contributed by atoms with van der Waals surface area (Å²) in [6, 6.07) is 10.5. The van der Waals surface area contributed by atoms with Gasteiger partial charge in [-0.25, -0.2) is 19.4 Å². The van der Waals surface area contributed by atoms with Crippen LogP contribution in [0.3, 0.4) is 0 Å². The van der Waals surface area contributed by atoms with Crippen LogP contribution in [0.5, 0.6) is 0 Å². The predicted molar refractivity (Wildman–Crippen MR) is 105 cm³/mol. The standard InChI is InChI=1S/C20H11FN4OS/c21-16-4-3-13(18-17(16)25-9-27-18)12-6-15(19(22)23-7-12)10-1-2-14-11(5-10)8-24-20(14)26/h1-9H,(H2,22,23). The third-order valence-electron chi connectivity index (χ3n) is 4.58. The molecule has 7 heteroatoms. The van der Waals surface area contributed by atoms with Gasteiger partial charge < -0.3 is 5.73 Å². The molecule has 0 bridgehead atoms. The van der Waals surface area contributed by atoms with Crippen LogP contribution in [0.4, 0.5) is 10.2 Å². The van der Waals surface area contributed by atoms with Crippen LogP contribution < -0.4 is 5.73 Å². The Labute approximate surface area is 157 Å². The summed E-state index contributed by atoms with van der Waals surface area (Å²) in [5.41, 5.74) is 12.7. The van der Waals surface area contributed by atoms with E-state index in [0.29, 0.717) is 16.9 Å². The lowest BCUT2D eigenvalue weighted by molar-refractivity contribution is 0.101. The van der Waals surface area contributed by atoms with E-state index in [-0.39, 0.29) is 11.7 Å². The van der Waals surface area contributed by atoms with E-state index in [1.807, 2.05) is 18.2 Å². The maximum atomic E-state index is 14.0. The highest BCUT2D eigenvalue weighted by atomic mass is 32.1. The first-order valence-electron chi connectivity index (χ1n) is 8.12.